The minimum atomic E-state index is -1.12. The smallest absolute Gasteiger partial charge is 0.548 e. The second-order valence-electron chi connectivity index (χ2n) is 3.75. The molecule has 76 valence electrons. The zero-order valence-electron chi connectivity index (χ0n) is 8.99. The van der Waals surface area contributed by atoms with Crippen LogP contribution in [-0.2, 0) is 4.79 Å². The molecule has 0 radical (unpaired) electrons. The molecule has 0 aromatic carbocycles. The van der Waals surface area contributed by atoms with E-state index in [1.54, 1.807) is 0 Å². The molecule has 1 heterocycles. The molecule has 0 aliphatic carbocycles. The Hall–Kier alpha value is 0.390. The Kier molecular flexibility index (Phi) is 6.25. The molecule has 1 aliphatic rings. The van der Waals surface area contributed by atoms with E-state index in [2.05, 4.69) is 5.32 Å². The molecule has 0 amide bonds. The summed E-state index contributed by atoms with van der Waals surface area (Å²) >= 11 is 0. The molecule has 0 spiro atoms. The molecule has 1 aliphatic heterocycles. The van der Waals surface area contributed by atoms with Crippen molar-refractivity contribution < 1.29 is 44.6 Å². The molecule has 1 fully saturated rings. The summed E-state index contributed by atoms with van der Waals surface area (Å²) in [4.78, 5) is 10.5. The quantitative estimate of drug-likeness (QED) is 0.463. The van der Waals surface area contributed by atoms with Crippen molar-refractivity contribution in [1.29, 1.82) is 0 Å². The fourth-order valence-electron chi connectivity index (χ4n) is 1.76. The minimum Gasteiger partial charge on any atom is -0.548 e. The predicted octanol–water partition coefficient (Wildman–Crippen LogP) is -4.12. The SMILES string of the molecule is CC[C@H](C)[C@@H]1NC(C(=O)[O-])CC1O.[Na+]. The molecular weight excluding hydrogens is 193 g/mol. The largest absolute Gasteiger partial charge is 1.00 e. The van der Waals surface area contributed by atoms with E-state index in [4.69, 9.17) is 0 Å². The zero-order chi connectivity index (χ0) is 10.0. The number of nitrogens with one attached hydrogen (secondary N) is 1. The van der Waals surface area contributed by atoms with Crippen LogP contribution in [0.15, 0.2) is 0 Å². The van der Waals surface area contributed by atoms with Crippen molar-refractivity contribution in [3.05, 3.63) is 0 Å². The summed E-state index contributed by atoms with van der Waals surface area (Å²) in [5.74, 6) is -0.829. The number of carboxylic acids is 1. The molecule has 0 saturated carbocycles. The zero-order valence-corrected chi connectivity index (χ0v) is 11.0. The van der Waals surface area contributed by atoms with Crippen molar-refractivity contribution in [2.24, 2.45) is 5.92 Å². The number of hydrogen-bond acceptors (Lipinski definition) is 4. The third-order valence-corrected chi connectivity index (χ3v) is 2.83. The van der Waals surface area contributed by atoms with Crippen LogP contribution in [0.1, 0.15) is 26.7 Å². The maximum Gasteiger partial charge on any atom is 1.00 e. The molecule has 4 nitrogen and oxygen atoms in total. The Balaban J connectivity index is 0.00000169. The third-order valence-electron chi connectivity index (χ3n) is 2.83. The molecule has 0 bridgehead atoms. The van der Waals surface area contributed by atoms with Crippen LogP contribution in [-0.4, -0.2) is 29.3 Å². The first kappa shape index (κ1) is 14.4. The monoisotopic (exact) mass is 209 g/mol. The number of carbonyl (C=O) groups excluding carboxylic acids is 1. The van der Waals surface area contributed by atoms with Gasteiger partial charge in [-0.1, -0.05) is 20.3 Å². The number of hydrogen-bond donors (Lipinski definition) is 2. The Morgan fingerprint density at radius 3 is 2.64 bits per heavy atom. The van der Waals surface area contributed by atoms with Crippen LogP contribution in [0.5, 0.6) is 0 Å². The molecule has 1 rings (SSSR count). The van der Waals surface area contributed by atoms with Crippen LogP contribution < -0.4 is 40.0 Å². The van der Waals surface area contributed by atoms with E-state index in [1.807, 2.05) is 13.8 Å². The van der Waals surface area contributed by atoms with Gasteiger partial charge in [0, 0.05) is 12.1 Å². The van der Waals surface area contributed by atoms with Crippen LogP contribution in [0.2, 0.25) is 0 Å². The normalized spacial score (nSPS) is 33.5. The summed E-state index contributed by atoms with van der Waals surface area (Å²) in [6.45, 7) is 4.02. The van der Waals surface area contributed by atoms with E-state index in [-0.39, 0.29) is 42.0 Å². The van der Waals surface area contributed by atoms with E-state index < -0.39 is 18.1 Å². The average Bonchev–Trinajstić information content (AvgIpc) is 2.46. The van der Waals surface area contributed by atoms with E-state index >= 15 is 0 Å². The van der Waals surface area contributed by atoms with Gasteiger partial charge in [-0.05, 0) is 12.3 Å². The minimum absolute atomic E-state index is 0. The van der Waals surface area contributed by atoms with Gasteiger partial charge in [-0.25, -0.2) is 0 Å². The van der Waals surface area contributed by atoms with Crippen molar-refractivity contribution in [3.8, 4) is 0 Å². The van der Waals surface area contributed by atoms with Gasteiger partial charge in [-0.15, -0.1) is 0 Å². The maximum absolute atomic E-state index is 10.5. The fourth-order valence-corrected chi connectivity index (χ4v) is 1.76. The standard InChI is InChI=1S/C9H17NO3.Na/c1-3-5(2)8-7(11)4-6(10-8)9(12)13;/h5-8,10-11H,3-4H2,1-2H3,(H,12,13);/q;+1/p-1/t5-,6?,7?,8-;/m0./s1. The summed E-state index contributed by atoms with van der Waals surface area (Å²) in [5, 5.41) is 23.0. The summed E-state index contributed by atoms with van der Waals surface area (Å²) in [6, 6.07) is -0.790. The third kappa shape index (κ3) is 3.21. The number of carbonyl (C=O) groups is 1. The summed E-state index contributed by atoms with van der Waals surface area (Å²) < 4.78 is 0. The number of aliphatic hydroxyl groups is 1. The van der Waals surface area contributed by atoms with Gasteiger partial charge in [0.05, 0.1) is 12.1 Å². The first-order valence-electron chi connectivity index (χ1n) is 4.71. The molecule has 2 unspecified atom stereocenters. The molecule has 4 atom stereocenters. The van der Waals surface area contributed by atoms with E-state index in [0.717, 1.165) is 6.42 Å². The van der Waals surface area contributed by atoms with Crippen molar-refractivity contribution >= 4 is 5.97 Å². The molecule has 0 aromatic rings. The van der Waals surface area contributed by atoms with Crippen molar-refractivity contribution in [1.82, 2.24) is 5.32 Å². The second kappa shape index (κ2) is 6.08. The summed E-state index contributed by atoms with van der Waals surface area (Å²) in [5.41, 5.74) is 0. The topological polar surface area (TPSA) is 72.4 Å². The molecular formula is C9H16NNaO3. The number of aliphatic carboxylic acids is 1. The van der Waals surface area contributed by atoms with Gasteiger partial charge in [-0.2, -0.15) is 0 Å². The van der Waals surface area contributed by atoms with Gasteiger partial charge in [0.15, 0.2) is 0 Å². The van der Waals surface area contributed by atoms with E-state index in [9.17, 15) is 15.0 Å². The van der Waals surface area contributed by atoms with Crippen molar-refractivity contribution in [3.63, 3.8) is 0 Å². The van der Waals surface area contributed by atoms with Crippen LogP contribution in [0.25, 0.3) is 0 Å². The number of aliphatic hydroxyl groups excluding tert-OH is 1. The predicted molar refractivity (Wildman–Crippen MR) is 45.8 cm³/mol. The average molecular weight is 209 g/mol. The number of rotatable bonds is 3. The van der Waals surface area contributed by atoms with Crippen LogP contribution in [0, 0.1) is 5.92 Å². The second-order valence-corrected chi connectivity index (χ2v) is 3.75. The van der Waals surface area contributed by atoms with E-state index in [0.29, 0.717) is 5.92 Å². The number of carboxylic acid groups (broad SMARTS) is 1. The Morgan fingerprint density at radius 1 is 1.71 bits per heavy atom. The first-order chi connectivity index (χ1) is 6.06. The Bertz CT molecular complexity index is 200. The molecule has 0 aromatic heterocycles. The fraction of sp³-hybridized carbons (Fsp3) is 0.889. The van der Waals surface area contributed by atoms with E-state index in [1.165, 1.54) is 0 Å². The maximum atomic E-state index is 10.5. The van der Waals surface area contributed by atoms with Gasteiger partial charge < -0.3 is 20.3 Å². The van der Waals surface area contributed by atoms with Gasteiger partial charge in [0.2, 0.25) is 0 Å². The van der Waals surface area contributed by atoms with Crippen molar-refractivity contribution in [2.75, 3.05) is 0 Å². The molecule has 2 N–H and O–H groups in total. The summed E-state index contributed by atoms with van der Waals surface area (Å²) in [7, 11) is 0. The van der Waals surface area contributed by atoms with Gasteiger partial charge in [-0.3, -0.25) is 0 Å². The molecule has 14 heavy (non-hydrogen) atoms. The Labute approximate surface area is 106 Å². The first-order valence-corrected chi connectivity index (χ1v) is 4.71. The van der Waals surface area contributed by atoms with Crippen LogP contribution in [0.3, 0.4) is 0 Å². The van der Waals surface area contributed by atoms with Crippen LogP contribution >= 0.6 is 0 Å². The molecule has 5 heteroatoms. The summed E-state index contributed by atoms with van der Waals surface area (Å²) in [6.07, 6.45) is 0.629. The van der Waals surface area contributed by atoms with Gasteiger partial charge in [0.25, 0.3) is 0 Å². The Morgan fingerprint density at radius 2 is 2.29 bits per heavy atom. The van der Waals surface area contributed by atoms with Crippen molar-refractivity contribution in [2.45, 2.75) is 44.9 Å². The van der Waals surface area contributed by atoms with Gasteiger partial charge in [0.1, 0.15) is 0 Å². The molecule has 1 saturated heterocycles. The van der Waals surface area contributed by atoms with Gasteiger partial charge >= 0.3 is 29.6 Å². The van der Waals surface area contributed by atoms with Crippen LogP contribution in [0.4, 0.5) is 0 Å².